The van der Waals surface area contributed by atoms with Crippen molar-refractivity contribution in [3.05, 3.63) is 35.4 Å². The third-order valence-electron chi connectivity index (χ3n) is 5.69. The van der Waals surface area contributed by atoms with Gasteiger partial charge in [0.1, 0.15) is 0 Å². The predicted molar refractivity (Wildman–Crippen MR) is 125 cm³/mol. The van der Waals surface area contributed by atoms with E-state index < -0.39 is 34.3 Å². The van der Waals surface area contributed by atoms with Gasteiger partial charge in [-0.2, -0.15) is 0 Å². The number of benzene rings is 1. The quantitative estimate of drug-likeness (QED) is 0.379. The van der Waals surface area contributed by atoms with Gasteiger partial charge >= 0.3 is 11.9 Å². The minimum Gasteiger partial charge on any atom is -0.481 e. The van der Waals surface area contributed by atoms with Crippen molar-refractivity contribution in [2.24, 2.45) is 5.41 Å². The second kappa shape index (κ2) is 13.1. The minimum absolute atomic E-state index is 0.101. The topological polar surface area (TPSA) is 110 Å². The second-order valence-corrected chi connectivity index (χ2v) is 10.6. The molecule has 0 heterocycles. The smallest absolute Gasteiger partial charge is 0.335 e. The molecule has 8 heteroatoms. The third kappa shape index (κ3) is 8.64. The fourth-order valence-corrected chi connectivity index (χ4v) is 5.09. The number of hydrogen-bond donors (Lipinski definition) is 2. The third-order valence-corrected chi connectivity index (χ3v) is 7.43. The van der Waals surface area contributed by atoms with Gasteiger partial charge in [-0.1, -0.05) is 44.5 Å². The molecule has 1 aromatic carbocycles. The molecule has 2 N–H and O–H groups in total. The molecule has 3 unspecified atom stereocenters. The number of rotatable bonds is 15. The molecule has 182 valence electrons. The van der Waals surface area contributed by atoms with Gasteiger partial charge in [-0.25, -0.2) is 4.79 Å². The molecule has 1 aromatic rings. The van der Waals surface area contributed by atoms with Crippen LogP contribution in [0.1, 0.15) is 58.1 Å². The van der Waals surface area contributed by atoms with Crippen molar-refractivity contribution in [1.82, 2.24) is 0 Å². The summed E-state index contributed by atoms with van der Waals surface area (Å²) in [7, 11) is 0.356. The molecular weight excluding hydrogens is 432 g/mol. The zero-order valence-corrected chi connectivity index (χ0v) is 20.7. The van der Waals surface area contributed by atoms with Gasteiger partial charge in [0.15, 0.2) is 6.10 Å². The Bertz CT molecular complexity index is 777. The maximum absolute atomic E-state index is 12.2. The van der Waals surface area contributed by atoms with Crippen LogP contribution < -0.4 is 0 Å². The van der Waals surface area contributed by atoms with E-state index in [2.05, 4.69) is 0 Å². The summed E-state index contributed by atoms with van der Waals surface area (Å²) < 4.78 is 22.3. The summed E-state index contributed by atoms with van der Waals surface area (Å²) in [5, 5.41) is 19.0. The number of aliphatic hydroxyl groups is 1. The Hall–Kier alpha value is -1.77. The van der Waals surface area contributed by atoms with E-state index in [9.17, 15) is 18.9 Å². The molecule has 7 nitrogen and oxygen atoms in total. The van der Waals surface area contributed by atoms with Gasteiger partial charge in [0.05, 0.1) is 18.6 Å². The highest BCUT2D eigenvalue weighted by atomic mass is 32.2. The number of carbonyl (C=O) groups excluding carboxylic acids is 1. The SMILES string of the molecule is CCOC(=O)C(Cc1cccc(C(C)(CCCC(C)(C)CS(=O)CCO)C(=O)O)c1)OC. The van der Waals surface area contributed by atoms with Gasteiger partial charge in [-0.3, -0.25) is 9.00 Å². The first kappa shape index (κ1) is 28.3. The average Bonchev–Trinajstić information content (AvgIpc) is 2.71. The fourth-order valence-electron chi connectivity index (χ4n) is 3.73. The molecule has 0 spiro atoms. The largest absolute Gasteiger partial charge is 0.481 e. The van der Waals surface area contributed by atoms with Crippen molar-refractivity contribution in [3.8, 4) is 0 Å². The van der Waals surface area contributed by atoms with E-state index in [-0.39, 0.29) is 24.4 Å². The van der Waals surface area contributed by atoms with Crippen LogP contribution in [0.15, 0.2) is 24.3 Å². The van der Waals surface area contributed by atoms with E-state index >= 15 is 0 Å². The predicted octanol–water partition coefficient (Wildman–Crippen LogP) is 3.09. The Kier molecular flexibility index (Phi) is 11.5. The maximum atomic E-state index is 12.2. The van der Waals surface area contributed by atoms with Crippen molar-refractivity contribution < 1.29 is 33.5 Å². The highest BCUT2D eigenvalue weighted by molar-refractivity contribution is 7.85. The number of carbonyl (C=O) groups is 2. The van der Waals surface area contributed by atoms with Gasteiger partial charge in [0, 0.05) is 35.8 Å². The lowest BCUT2D eigenvalue weighted by atomic mass is 9.76. The van der Waals surface area contributed by atoms with Crippen LogP contribution in [0.2, 0.25) is 0 Å². The molecule has 0 bridgehead atoms. The number of hydrogen-bond acceptors (Lipinski definition) is 6. The monoisotopic (exact) mass is 470 g/mol. The number of methoxy groups -OCH3 is 1. The van der Waals surface area contributed by atoms with Crippen LogP contribution >= 0.6 is 0 Å². The standard InChI is InChI=1S/C24H38O7S/c1-6-31-21(26)20(30-5)16-18-9-7-10-19(15-18)24(4,22(27)28)12-8-11-23(2,3)17-32(29)14-13-25/h7,9-10,15,20,25H,6,8,11-14,16-17H2,1-5H3,(H,27,28). The highest BCUT2D eigenvalue weighted by Crippen LogP contribution is 2.34. The summed E-state index contributed by atoms with van der Waals surface area (Å²) >= 11 is 0. The van der Waals surface area contributed by atoms with Crippen LogP contribution in [0.5, 0.6) is 0 Å². The molecule has 0 aromatic heterocycles. The summed E-state index contributed by atoms with van der Waals surface area (Å²) in [5.41, 5.74) is 0.160. The van der Waals surface area contributed by atoms with E-state index in [1.54, 1.807) is 26.0 Å². The van der Waals surface area contributed by atoms with Crippen LogP contribution in [0.4, 0.5) is 0 Å². The number of carboxylic acid groups (broad SMARTS) is 1. The van der Waals surface area contributed by atoms with Crippen LogP contribution in [0.3, 0.4) is 0 Å². The van der Waals surface area contributed by atoms with Gasteiger partial charge in [-0.15, -0.1) is 0 Å². The molecule has 0 aliphatic carbocycles. The van der Waals surface area contributed by atoms with E-state index in [4.69, 9.17) is 14.6 Å². The van der Waals surface area contributed by atoms with E-state index in [1.165, 1.54) is 7.11 Å². The molecular formula is C24H38O7S. The summed E-state index contributed by atoms with van der Waals surface area (Å²) in [5.74, 6) is -0.622. The molecule has 0 saturated carbocycles. The zero-order valence-electron chi connectivity index (χ0n) is 19.9. The second-order valence-electron chi connectivity index (χ2n) is 9.05. The van der Waals surface area contributed by atoms with Crippen molar-refractivity contribution >= 4 is 22.7 Å². The number of aliphatic hydroxyl groups excluding tert-OH is 1. The van der Waals surface area contributed by atoms with Gasteiger partial charge < -0.3 is 19.7 Å². The Labute approximate surface area is 194 Å². The molecule has 0 saturated heterocycles. The van der Waals surface area contributed by atoms with Crippen molar-refractivity contribution in [3.63, 3.8) is 0 Å². The molecule has 32 heavy (non-hydrogen) atoms. The number of aliphatic carboxylic acids is 1. The summed E-state index contributed by atoms with van der Waals surface area (Å²) in [6.07, 6.45) is 1.35. The number of ether oxygens (including phenoxy) is 2. The maximum Gasteiger partial charge on any atom is 0.335 e. The highest BCUT2D eigenvalue weighted by Gasteiger charge is 2.36. The lowest BCUT2D eigenvalue weighted by molar-refractivity contribution is -0.154. The average molecular weight is 471 g/mol. The summed E-state index contributed by atoms with van der Waals surface area (Å²) in [4.78, 5) is 24.3. The minimum atomic E-state index is -1.09. The fraction of sp³-hybridized carbons (Fsp3) is 0.667. The molecule has 0 aliphatic heterocycles. The molecule has 3 atom stereocenters. The summed E-state index contributed by atoms with van der Waals surface area (Å²) in [6.45, 7) is 7.64. The van der Waals surface area contributed by atoms with E-state index in [0.29, 0.717) is 30.6 Å². The van der Waals surface area contributed by atoms with Crippen LogP contribution in [-0.2, 0) is 41.7 Å². The number of esters is 1. The van der Waals surface area contributed by atoms with Gasteiger partial charge in [0.25, 0.3) is 0 Å². The van der Waals surface area contributed by atoms with Crippen LogP contribution in [0.25, 0.3) is 0 Å². The summed E-state index contributed by atoms with van der Waals surface area (Å²) in [6, 6.07) is 7.26. The van der Waals surface area contributed by atoms with Crippen LogP contribution in [-0.4, -0.2) is 64.3 Å². The Morgan fingerprint density at radius 2 is 1.88 bits per heavy atom. The van der Waals surface area contributed by atoms with E-state index in [0.717, 1.165) is 12.0 Å². The van der Waals surface area contributed by atoms with Gasteiger partial charge in [0.2, 0.25) is 0 Å². The molecule has 0 amide bonds. The Morgan fingerprint density at radius 3 is 2.44 bits per heavy atom. The van der Waals surface area contributed by atoms with Crippen molar-refractivity contribution in [1.29, 1.82) is 0 Å². The van der Waals surface area contributed by atoms with Crippen LogP contribution in [0, 0.1) is 5.41 Å². The lowest BCUT2D eigenvalue weighted by Gasteiger charge is -2.29. The molecule has 0 fully saturated rings. The lowest BCUT2D eigenvalue weighted by Crippen LogP contribution is -2.33. The van der Waals surface area contributed by atoms with E-state index in [1.807, 2.05) is 26.0 Å². The van der Waals surface area contributed by atoms with Crippen molar-refractivity contribution in [2.45, 2.75) is 64.9 Å². The Balaban J connectivity index is 2.93. The molecule has 0 aliphatic rings. The molecule has 1 rings (SSSR count). The molecule has 0 radical (unpaired) electrons. The first-order chi connectivity index (χ1) is 15.0. The van der Waals surface area contributed by atoms with Crippen molar-refractivity contribution in [2.75, 3.05) is 31.8 Å². The Morgan fingerprint density at radius 1 is 1.19 bits per heavy atom. The first-order valence-corrected chi connectivity index (χ1v) is 12.5. The normalized spacial score (nSPS) is 15.6. The van der Waals surface area contributed by atoms with Gasteiger partial charge in [-0.05, 0) is 43.2 Å². The zero-order chi connectivity index (χ0) is 24.4. The first-order valence-electron chi connectivity index (χ1n) is 11.0. The number of carboxylic acids is 1.